The Morgan fingerprint density at radius 2 is 2.24 bits per heavy atom. The van der Waals surface area contributed by atoms with Gasteiger partial charge >= 0.3 is 0 Å². The van der Waals surface area contributed by atoms with Crippen molar-refractivity contribution < 1.29 is 4.74 Å². The summed E-state index contributed by atoms with van der Waals surface area (Å²) in [5.41, 5.74) is 0.359. The highest BCUT2D eigenvalue weighted by Gasteiger charge is 2.45. The lowest BCUT2D eigenvalue weighted by Gasteiger charge is -2.09. The maximum Gasteiger partial charge on any atom is 0.158 e. The molecular formula is C12H18ClN3O. The van der Waals surface area contributed by atoms with E-state index in [4.69, 9.17) is 16.3 Å². The number of anilines is 1. The summed E-state index contributed by atoms with van der Waals surface area (Å²) in [5.74, 6) is 1.41. The van der Waals surface area contributed by atoms with E-state index >= 15 is 0 Å². The number of hydrogen-bond donors (Lipinski definition) is 1. The van der Waals surface area contributed by atoms with Crippen LogP contribution in [0.2, 0.25) is 5.15 Å². The standard InChI is InChI=1S/C12H18ClN3O/c1-4-17-7-11-15-9(13)5-10(16-11)14-8-6-12(8,2)3/h5,8H,4,6-7H2,1-3H3,(H,14,15,16). The minimum absolute atomic E-state index is 0.359. The number of ether oxygens (including phenoxy) is 1. The van der Waals surface area contributed by atoms with E-state index < -0.39 is 0 Å². The molecule has 4 nitrogen and oxygen atoms in total. The van der Waals surface area contributed by atoms with Gasteiger partial charge in [0.2, 0.25) is 0 Å². The first-order valence-electron chi connectivity index (χ1n) is 5.89. The van der Waals surface area contributed by atoms with E-state index in [-0.39, 0.29) is 0 Å². The van der Waals surface area contributed by atoms with Crippen molar-refractivity contribution in [2.24, 2.45) is 5.41 Å². The van der Waals surface area contributed by atoms with Crippen LogP contribution in [0.3, 0.4) is 0 Å². The van der Waals surface area contributed by atoms with Crippen molar-refractivity contribution in [3.05, 3.63) is 17.0 Å². The molecule has 0 spiro atoms. The minimum atomic E-state index is 0.359. The van der Waals surface area contributed by atoms with Gasteiger partial charge in [0.05, 0.1) is 0 Å². The van der Waals surface area contributed by atoms with Gasteiger partial charge in [0.15, 0.2) is 5.82 Å². The molecule has 2 rings (SSSR count). The Morgan fingerprint density at radius 3 is 2.82 bits per heavy atom. The molecule has 1 N–H and O–H groups in total. The first kappa shape index (κ1) is 12.6. The fourth-order valence-corrected chi connectivity index (χ4v) is 1.89. The predicted molar refractivity (Wildman–Crippen MR) is 68.2 cm³/mol. The summed E-state index contributed by atoms with van der Waals surface area (Å²) in [7, 11) is 0. The molecule has 94 valence electrons. The van der Waals surface area contributed by atoms with Gasteiger partial charge in [0, 0.05) is 18.7 Å². The van der Waals surface area contributed by atoms with Gasteiger partial charge in [0.1, 0.15) is 17.6 Å². The quantitative estimate of drug-likeness (QED) is 0.822. The summed E-state index contributed by atoms with van der Waals surface area (Å²) < 4.78 is 5.28. The zero-order chi connectivity index (χ0) is 12.5. The molecule has 0 bridgehead atoms. The molecule has 0 aliphatic heterocycles. The number of hydrogen-bond acceptors (Lipinski definition) is 4. The van der Waals surface area contributed by atoms with E-state index in [9.17, 15) is 0 Å². The van der Waals surface area contributed by atoms with Crippen LogP contribution < -0.4 is 5.32 Å². The zero-order valence-electron chi connectivity index (χ0n) is 10.5. The fraction of sp³-hybridized carbons (Fsp3) is 0.667. The lowest BCUT2D eigenvalue weighted by Crippen LogP contribution is -2.11. The molecule has 0 radical (unpaired) electrons. The van der Waals surface area contributed by atoms with Gasteiger partial charge in [-0.25, -0.2) is 9.97 Å². The number of nitrogens with zero attached hydrogens (tertiary/aromatic N) is 2. The Kier molecular flexibility index (Phi) is 3.54. The second-order valence-corrected chi connectivity index (χ2v) is 5.41. The molecule has 1 heterocycles. The number of nitrogens with one attached hydrogen (secondary N) is 1. The Bertz CT molecular complexity index is 409. The smallest absolute Gasteiger partial charge is 0.158 e. The van der Waals surface area contributed by atoms with Crippen LogP contribution in [0, 0.1) is 5.41 Å². The maximum absolute atomic E-state index is 5.96. The highest BCUT2D eigenvalue weighted by Crippen LogP contribution is 2.46. The van der Waals surface area contributed by atoms with Crippen LogP contribution in [-0.4, -0.2) is 22.6 Å². The van der Waals surface area contributed by atoms with Crippen LogP contribution >= 0.6 is 11.6 Å². The number of rotatable bonds is 5. The Labute approximate surface area is 107 Å². The summed E-state index contributed by atoms with van der Waals surface area (Å²) in [5, 5.41) is 3.83. The zero-order valence-corrected chi connectivity index (χ0v) is 11.2. The van der Waals surface area contributed by atoms with Crippen LogP contribution in [0.4, 0.5) is 5.82 Å². The van der Waals surface area contributed by atoms with Crippen molar-refractivity contribution in [1.82, 2.24) is 9.97 Å². The third-order valence-electron chi connectivity index (χ3n) is 3.01. The minimum Gasteiger partial charge on any atom is -0.374 e. The normalized spacial score (nSPS) is 21.3. The van der Waals surface area contributed by atoms with E-state index in [1.165, 1.54) is 0 Å². The summed E-state index contributed by atoms with van der Waals surface area (Å²) >= 11 is 5.96. The van der Waals surface area contributed by atoms with Crippen LogP contribution in [0.1, 0.15) is 33.0 Å². The molecular weight excluding hydrogens is 238 g/mol. The lowest BCUT2D eigenvalue weighted by atomic mass is 10.2. The molecule has 1 aliphatic rings. The molecule has 0 saturated heterocycles. The van der Waals surface area contributed by atoms with Crippen LogP contribution in [0.15, 0.2) is 6.07 Å². The molecule has 1 unspecified atom stereocenters. The molecule has 1 aromatic heterocycles. The van der Waals surface area contributed by atoms with Crippen molar-refractivity contribution in [3.63, 3.8) is 0 Å². The topological polar surface area (TPSA) is 47.0 Å². The van der Waals surface area contributed by atoms with Crippen LogP contribution in [-0.2, 0) is 11.3 Å². The Morgan fingerprint density at radius 1 is 1.53 bits per heavy atom. The van der Waals surface area contributed by atoms with Crippen molar-refractivity contribution in [2.75, 3.05) is 11.9 Å². The highest BCUT2D eigenvalue weighted by molar-refractivity contribution is 6.29. The first-order chi connectivity index (χ1) is 8.01. The Balaban J connectivity index is 2.04. The molecule has 1 fully saturated rings. The molecule has 1 aromatic rings. The number of halogens is 1. The predicted octanol–water partition coefficient (Wildman–Crippen LogP) is 2.88. The fourth-order valence-electron chi connectivity index (χ4n) is 1.69. The van der Waals surface area contributed by atoms with Gasteiger partial charge in [-0.1, -0.05) is 25.4 Å². The summed E-state index contributed by atoms with van der Waals surface area (Å²) in [4.78, 5) is 8.51. The van der Waals surface area contributed by atoms with E-state index in [1.807, 2.05) is 6.92 Å². The molecule has 17 heavy (non-hydrogen) atoms. The van der Waals surface area contributed by atoms with Crippen molar-refractivity contribution >= 4 is 17.4 Å². The summed E-state index contributed by atoms with van der Waals surface area (Å²) in [6.07, 6.45) is 1.16. The third-order valence-corrected chi connectivity index (χ3v) is 3.21. The van der Waals surface area contributed by atoms with Gasteiger partial charge < -0.3 is 10.1 Å². The summed E-state index contributed by atoms with van der Waals surface area (Å²) in [6, 6.07) is 2.24. The van der Waals surface area contributed by atoms with Gasteiger partial charge in [-0.3, -0.25) is 0 Å². The van der Waals surface area contributed by atoms with Gasteiger partial charge in [-0.05, 0) is 18.8 Å². The highest BCUT2D eigenvalue weighted by atomic mass is 35.5. The molecule has 1 aliphatic carbocycles. The van der Waals surface area contributed by atoms with E-state index in [2.05, 4.69) is 29.1 Å². The molecule has 1 atom stereocenters. The largest absolute Gasteiger partial charge is 0.374 e. The Hall–Kier alpha value is -0.870. The van der Waals surface area contributed by atoms with E-state index in [1.54, 1.807) is 6.07 Å². The molecule has 0 amide bonds. The molecule has 1 saturated carbocycles. The van der Waals surface area contributed by atoms with Gasteiger partial charge in [-0.2, -0.15) is 0 Å². The van der Waals surface area contributed by atoms with Crippen molar-refractivity contribution in [2.45, 2.75) is 39.8 Å². The molecule has 5 heteroatoms. The maximum atomic E-state index is 5.96. The van der Waals surface area contributed by atoms with Crippen LogP contribution in [0.5, 0.6) is 0 Å². The van der Waals surface area contributed by atoms with Gasteiger partial charge in [-0.15, -0.1) is 0 Å². The molecule has 0 aromatic carbocycles. The van der Waals surface area contributed by atoms with Crippen molar-refractivity contribution in [3.8, 4) is 0 Å². The average molecular weight is 256 g/mol. The van der Waals surface area contributed by atoms with E-state index in [0.717, 1.165) is 12.2 Å². The number of aromatic nitrogens is 2. The second-order valence-electron chi connectivity index (χ2n) is 5.02. The second kappa shape index (κ2) is 4.78. The summed E-state index contributed by atoms with van der Waals surface area (Å²) in [6.45, 7) is 7.45. The van der Waals surface area contributed by atoms with Crippen LogP contribution in [0.25, 0.3) is 0 Å². The first-order valence-corrected chi connectivity index (χ1v) is 6.27. The van der Waals surface area contributed by atoms with E-state index in [0.29, 0.717) is 35.6 Å². The lowest BCUT2D eigenvalue weighted by molar-refractivity contribution is 0.128. The van der Waals surface area contributed by atoms with Gasteiger partial charge in [0.25, 0.3) is 0 Å². The average Bonchev–Trinajstić information content (AvgIpc) is 2.82. The SMILES string of the molecule is CCOCc1nc(Cl)cc(NC2CC2(C)C)n1. The monoisotopic (exact) mass is 255 g/mol. The third kappa shape index (κ3) is 3.30. The van der Waals surface area contributed by atoms with Crippen molar-refractivity contribution in [1.29, 1.82) is 0 Å².